The monoisotopic (exact) mass is 171 g/mol. The summed E-state index contributed by atoms with van der Waals surface area (Å²) in [4.78, 5) is 21.4. The molecule has 0 fully saturated rings. The van der Waals surface area contributed by atoms with Crippen molar-refractivity contribution in [2.75, 3.05) is 0 Å². The average Bonchev–Trinajstić information content (AvgIpc) is 1.85. The molecule has 0 aliphatic carbocycles. The van der Waals surface area contributed by atoms with Crippen LogP contribution < -0.4 is 5.73 Å². The van der Waals surface area contributed by atoms with Gasteiger partial charge in [0.25, 0.3) is 5.91 Å². The number of carbonyl (C=O) groups excluding carboxylic acids is 2. The summed E-state index contributed by atoms with van der Waals surface area (Å²) in [6, 6.07) is 0. The SMILES string of the molecule is CC(C)(C)C(=O)/C=C(/O)C(N)=O. The Balaban J connectivity index is 4.57. The molecule has 12 heavy (non-hydrogen) atoms. The fourth-order valence-electron chi connectivity index (χ4n) is 0.412. The molecule has 0 aliphatic heterocycles. The van der Waals surface area contributed by atoms with Crippen LogP contribution in [0, 0.1) is 5.41 Å². The average molecular weight is 171 g/mol. The molecule has 0 aromatic carbocycles. The number of rotatable bonds is 2. The van der Waals surface area contributed by atoms with Gasteiger partial charge >= 0.3 is 0 Å². The molecule has 0 aromatic heterocycles. The van der Waals surface area contributed by atoms with Gasteiger partial charge in [0.15, 0.2) is 11.5 Å². The van der Waals surface area contributed by atoms with Crippen LogP contribution >= 0.6 is 0 Å². The third kappa shape index (κ3) is 3.18. The number of hydrogen-bond donors (Lipinski definition) is 2. The van der Waals surface area contributed by atoms with Crippen LogP contribution in [0.15, 0.2) is 11.8 Å². The number of hydrogen-bond acceptors (Lipinski definition) is 3. The molecule has 0 atom stereocenters. The van der Waals surface area contributed by atoms with Crippen molar-refractivity contribution in [3.63, 3.8) is 0 Å². The molecule has 4 heteroatoms. The normalized spacial score (nSPS) is 12.8. The van der Waals surface area contributed by atoms with Gasteiger partial charge in [-0.25, -0.2) is 0 Å². The highest BCUT2D eigenvalue weighted by Crippen LogP contribution is 2.15. The van der Waals surface area contributed by atoms with Gasteiger partial charge in [0, 0.05) is 11.5 Å². The van der Waals surface area contributed by atoms with E-state index in [0.717, 1.165) is 6.08 Å². The maximum absolute atomic E-state index is 11.1. The smallest absolute Gasteiger partial charge is 0.283 e. The highest BCUT2D eigenvalue weighted by molar-refractivity contribution is 6.01. The minimum atomic E-state index is -0.993. The zero-order valence-corrected chi connectivity index (χ0v) is 7.42. The van der Waals surface area contributed by atoms with Crippen molar-refractivity contribution in [2.45, 2.75) is 20.8 Å². The summed E-state index contributed by atoms with van der Waals surface area (Å²) in [6.07, 6.45) is 0.850. The van der Waals surface area contributed by atoms with E-state index in [-0.39, 0.29) is 5.78 Å². The fourth-order valence-corrected chi connectivity index (χ4v) is 0.412. The van der Waals surface area contributed by atoms with Gasteiger partial charge in [-0.3, -0.25) is 9.59 Å². The van der Waals surface area contributed by atoms with E-state index in [0.29, 0.717) is 0 Å². The second-order valence-electron chi connectivity index (χ2n) is 3.51. The van der Waals surface area contributed by atoms with Gasteiger partial charge in [-0.2, -0.15) is 0 Å². The number of aliphatic hydroxyl groups excluding tert-OH is 1. The molecule has 0 bridgehead atoms. The van der Waals surface area contributed by atoms with E-state index in [1.54, 1.807) is 20.8 Å². The summed E-state index contributed by atoms with van der Waals surface area (Å²) in [5, 5.41) is 8.83. The molecule has 0 heterocycles. The lowest BCUT2D eigenvalue weighted by Gasteiger charge is -2.12. The van der Waals surface area contributed by atoms with Crippen molar-refractivity contribution in [3.8, 4) is 0 Å². The second-order valence-corrected chi connectivity index (χ2v) is 3.51. The van der Waals surface area contributed by atoms with E-state index >= 15 is 0 Å². The first-order chi connectivity index (χ1) is 5.25. The Morgan fingerprint density at radius 3 is 2.00 bits per heavy atom. The molecule has 0 aliphatic rings. The highest BCUT2D eigenvalue weighted by Gasteiger charge is 2.20. The van der Waals surface area contributed by atoms with Crippen LogP contribution in [0.4, 0.5) is 0 Å². The van der Waals surface area contributed by atoms with Crippen LogP contribution in [-0.2, 0) is 9.59 Å². The molecule has 0 saturated carbocycles. The Labute approximate surface area is 71.1 Å². The van der Waals surface area contributed by atoms with Gasteiger partial charge in [-0.1, -0.05) is 20.8 Å². The molecule has 0 aromatic rings. The first-order valence-corrected chi connectivity index (χ1v) is 3.50. The third-order valence-electron chi connectivity index (χ3n) is 1.26. The van der Waals surface area contributed by atoms with Crippen molar-refractivity contribution in [2.24, 2.45) is 11.1 Å². The van der Waals surface area contributed by atoms with Gasteiger partial charge < -0.3 is 10.8 Å². The van der Waals surface area contributed by atoms with Gasteiger partial charge in [0.1, 0.15) is 0 Å². The Bertz CT molecular complexity index is 235. The van der Waals surface area contributed by atoms with E-state index in [9.17, 15) is 9.59 Å². The first kappa shape index (κ1) is 10.7. The summed E-state index contributed by atoms with van der Waals surface area (Å²) in [5.41, 5.74) is 4.11. The van der Waals surface area contributed by atoms with Crippen LogP contribution in [-0.4, -0.2) is 16.8 Å². The largest absolute Gasteiger partial charge is 0.503 e. The molecule has 0 radical (unpaired) electrons. The lowest BCUT2D eigenvalue weighted by Crippen LogP contribution is -2.21. The third-order valence-corrected chi connectivity index (χ3v) is 1.26. The van der Waals surface area contributed by atoms with Crippen LogP contribution in [0.5, 0.6) is 0 Å². The van der Waals surface area contributed by atoms with E-state index in [1.807, 2.05) is 0 Å². The first-order valence-electron chi connectivity index (χ1n) is 3.50. The van der Waals surface area contributed by atoms with Crippen molar-refractivity contribution < 1.29 is 14.7 Å². The van der Waals surface area contributed by atoms with E-state index in [2.05, 4.69) is 0 Å². The summed E-state index contributed by atoms with van der Waals surface area (Å²) < 4.78 is 0. The molecule has 0 rings (SSSR count). The van der Waals surface area contributed by atoms with Crippen LogP contribution in [0.25, 0.3) is 0 Å². The summed E-state index contributed by atoms with van der Waals surface area (Å²) in [6.45, 7) is 5.04. The Kier molecular flexibility index (Phi) is 3.01. The van der Waals surface area contributed by atoms with Crippen molar-refractivity contribution in [3.05, 3.63) is 11.8 Å². The quantitative estimate of drug-likeness (QED) is 0.469. The standard InChI is InChI=1S/C8H13NO3/c1-8(2,3)6(11)4-5(10)7(9)12/h4,10H,1-3H3,(H2,9,12)/b5-4+. The number of aliphatic hydroxyl groups is 1. The van der Waals surface area contributed by atoms with Gasteiger partial charge in [-0.15, -0.1) is 0 Å². The van der Waals surface area contributed by atoms with Crippen molar-refractivity contribution in [1.29, 1.82) is 0 Å². The van der Waals surface area contributed by atoms with Crippen LogP contribution in [0.1, 0.15) is 20.8 Å². The Morgan fingerprint density at radius 2 is 1.75 bits per heavy atom. The van der Waals surface area contributed by atoms with Gasteiger partial charge in [0.05, 0.1) is 0 Å². The van der Waals surface area contributed by atoms with Crippen molar-refractivity contribution >= 4 is 11.7 Å². The van der Waals surface area contributed by atoms with E-state index < -0.39 is 17.1 Å². The van der Waals surface area contributed by atoms with Gasteiger partial charge in [0.2, 0.25) is 0 Å². The van der Waals surface area contributed by atoms with Crippen LogP contribution in [0.3, 0.4) is 0 Å². The van der Waals surface area contributed by atoms with E-state index in [4.69, 9.17) is 10.8 Å². The molecule has 4 nitrogen and oxygen atoms in total. The Morgan fingerprint density at radius 1 is 1.33 bits per heavy atom. The van der Waals surface area contributed by atoms with Crippen molar-refractivity contribution in [1.82, 2.24) is 0 Å². The topological polar surface area (TPSA) is 80.4 Å². The predicted octanol–water partition coefficient (Wildman–Crippen LogP) is 0.529. The Hall–Kier alpha value is -1.32. The minimum Gasteiger partial charge on any atom is -0.503 e. The molecular weight excluding hydrogens is 158 g/mol. The zero-order chi connectivity index (χ0) is 9.94. The number of ketones is 1. The maximum Gasteiger partial charge on any atom is 0.283 e. The molecule has 3 N–H and O–H groups in total. The number of nitrogens with two attached hydrogens (primary N) is 1. The zero-order valence-electron chi connectivity index (χ0n) is 7.42. The molecule has 0 spiro atoms. The minimum absolute atomic E-state index is 0.334. The number of primary amides is 1. The highest BCUT2D eigenvalue weighted by atomic mass is 16.3. The molecular formula is C8H13NO3. The molecule has 0 unspecified atom stereocenters. The molecule has 1 amide bonds. The number of amides is 1. The lowest BCUT2D eigenvalue weighted by atomic mass is 9.90. The van der Waals surface area contributed by atoms with E-state index in [1.165, 1.54) is 0 Å². The van der Waals surface area contributed by atoms with Crippen LogP contribution in [0.2, 0.25) is 0 Å². The predicted molar refractivity (Wildman–Crippen MR) is 44.4 cm³/mol. The van der Waals surface area contributed by atoms with Gasteiger partial charge in [-0.05, 0) is 0 Å². The summed E-state index contributed by atoms with van der Waals surface area (Å²) >= 11 is 0. The second kappa shape index (κ2) is 3.38. The number of carbonyl (C=O) groups is 2. The molecule has 68 valence electrons. The maximum atomic E-state index is 11.1. The summed E-state index contributed by atoms with van der Waals surface area (Å²) in [5.74, 6) is -2.03. The summed E-state index contributed by atoms with van der Waals surface area (Å²) in [7, 11) is 0. The lowest BCUT2D eigenvalue weighted by molar-refractivity contribution is -0.122. The fraction of sp³-hybridized carbons (Fsp3) is 0.500. The molecule has 0 saturated heterocycles. The number of allylic oxidation sites excluding steroid dienone is 1.